The van der Waals surface area contributed by atoms with E-state index in [0.717, 1.165) is 15.8 Å². The lowest BCUT2D eigenvalue weighted by Gasteiger charge is -2.12. The molecule has 2 atom stereocenters. The number of anilines is 1. The van der Waals surface area contributed by atoms with Gasteiger partial charge in [0, 0.05) is 22.7 Å². The maximum absolute atomic E-state index is 4.48. The zero-order chi connectivity index (χ0) is 11.8. The summed E-state index contributed by atoms with van der Waals surface area (Å²) >= 11 is 3.83. The number of fused-ring (bicyclic) bond motifs is 1. The molecular formula is C13H16N2S2. The van der Waals surface area contributed by atoms with E-state index in [1.807, 2.05) is 0 Å². The number of hydrogen-bond donors (Lipinski definition) is 1. The lowest BCUT2D eigenvalue weighted by molar-refractivity contribution is 0.747. The van der Waals surface area contributed by atoms with Crippen LogP contribution >= 0.6 is 23.1 Å². The summed E-state index contributed by atoms with van der Waals surface area (Å²) in [6.07, 6.45) is 1.27. The van der Waals surface area contributed by atoms with Crippen molar-refractivity contribution in [3.8, 4) is 0 Å². The molecule has 0 saturated carbocycles. The lowest BCUT2D eigenvalue weighted by Crippen LogP contribution is -2.18. The van der Waals surface area contributed by atoms with Crippen LogP contribution in [0, 0.1) is 6.92 Å². The molecule has 2 heterocycles. The van der Waals surface area contributed by atoms with Gasteiger partial charge in [0.05, 0.1) is 15.2 Å². The van der Waals surface area contributed by atoms with Gasteiger partial charge in [0.1, 0.15) is 0 Å². The van der Waals surface area contributed by atoms with Crippen LogP contribution in [0.1, 0.15) is 18.4 Å². The maximum atomic E-state index is 4.48. The first-order valence-corrected chi connectivity index (χ1v) is 7.82. The molecule has 0 amide bonds. The van der Waals surface area contributed by atoms with Crippen LogP contribution in [0.2, 0.25) is 0 Å². The second-order valence-corrected chi connectivity index (χ2v) is 7.34. The fourth-order valence-corrected chi connectivity index (χ4v) is 4.30. The van der Waals surface area contributed by atoms with Crippen molar-refractivity contribution >= 4 is 39.0 Å². The molecule has 1 aromatic heterocycles. The molecule has 1 aliphatic rings. The largest absolute Gasteiger partial charge is 0.381 e. The molecule has 0 aliphatic carbocycles. The van der Waals surface area contributed by atoms with Gasteiger partial charge in [0.25, 0.3) is 0 Å². The van der Waals surface area contributed by atoms with Crippen molar-refractivity contribution in [2.45, 2.75) is 31.6 Å². The monoisotopic (exact) mass is 264 g/mol. The van der Waals surface area contributed by atoms with Crippen LogP contribution in [0.25, 0.3) is 10.2 Å². The summed E-state index contributed by atoms with van der Waals surface area (Å²) in [5, 5.41) is 5.57. The third kappa shape index (κ3) is 2.43. The van der Waals surface area contributed by atoms with Crippen molar-refractivity contribution in [3.05, 3.63) is 23.2 Å². The second kappa shape index (κ2) is 4.50. The van der Waals surface area contributed by atoms with E-state index >= 15 is 0 Å². The molecule has 1 fully saturated rings. The summed E-state index contributed by atoms with van der Waals surface area (Å²) in [6, 6.07) is 7.12. The second-order valence-electron chi connectivity index (χ2n) is 4.64. The van der Waals surface area contributed by atoms with Crippen molar-refractivity contribution < 1.29 is 0 Å². The fraction of sp³-hybridized carbons (Fsp3) is 0.462. The van der Waals surface area contributed by atoms with E-state index in [-0.39, 0.29) is 0 Å². The third-order valence-corrected chi connectivity index (χ3v) is 5.35. The molecule has 1 aliphatic heterocycles. The van der Waals surface area contributed by atoms with Crippen molar-refractivity contribution in [3.63, 3.8) is 0 Å². The van der Waals surface area contributed by atoms with Gasteiger partial charge < -0.3 is 5.32 Å². The zero-order valence-corrected chi connectivity index (χ0v) is 11.7. The van der Waals surface area contributed by atoms with Gasteiger partial charge in [-0.3, -0.25) is 0 Å². The van der Waals surface area contributed by atoms with Gasteiger partial charge in [-0.1, -0.05) is 6.92 Å². The summed E-state index contributed by atoms with van der Waals surface area (Å²) < 4.78 is 1.28. The topological polar surface area (TPSA) is 24.9 Å². The van der Waals surface area contributed by atoms with Gasteiger partial charge in [-0.05, 0) is 31.5 Å². The number of thiazole rings is 1. The fourth-order valence-electron chi connectivity index (χ4n) is 2.28. The highest BCUT2D eigenvalue weighted by atomic mass is 32.2. The van der Waals surface area contributed by atoms with E-state index in [1.165, 1.54) is 22.6 Å². The number of aryl methyl sites for hydroxylation is 1. The van der Waals surface area contributed by atoms with E-state index < -0.39 is 0 Å². The Balaban J connectivity index is 1.80. The highest BCUT2D eigenvalue weighted by Crippen LogP contribution is 2.30. The molecule has 0 radical (unpaired) electrons. The third-order valence-electron chi connectivity index (χ3n) is 3.06. The number of benzene rings is 1. The molecule has 1 saturated heterocycles. The van der Waals surface area contributed by atoms with Gasteiger partial charge in [-0.25, -0.2) is 4.98 Å². The molecule has 4 heteroatoms. The Morgan fingerprint density at radius 3 is 3.06 bits per heavy atom. The molecule has 0 bridgehead atoms. The van der Waals surface area contributed by atoms with Crippen molar-refractivity contribution in [2.75, 3.05) is 11.1 Å². The summed E-state index contributed by atoms with van der Waals surface area (Å²) in [4.78, 5) is 4.48. The van der Waals surface area contributed by atoms with Gasteiger partial charge >= 0.3 is 0 Å². The number of nitrogens with zero attached hydrogens (tertiary/aromatic N) is 1. The summed E-state index contributed by atoms with van der Waals surface area (Å²) in [5.74, 6) is 1.22. The average Bonchev–Trinajstić information content (AvgIpc) is 2.83. The minimum Gasteiger partial charge on any atom is -0.381 e. The zero-order valence-electron chi connectivity index (χ0n) is 10.1. The van der Waals surface area contributed by atoms with Gasteiger partial charge in [0.15, 0.2) is 0 Å². The van der Waals surface area contributed by atoms with Crippen LogP contribution in [-0.2, 0) is 0 Å². The number of aromatic nitrogens is 1. The maximum Gasteiger partial charge on any atom is 0.0907 e. The Bertz CT molecular complexity index is 535. The molecular weight excluding hydrogens is 248 g/mol. The van der Waals surface area contributed by atoms with Crippen molar-refractivity contribution in [1.82, 2.24) is 4.98 Å². The highest BCUT2D eigenvalue weighted by molar-refractivity contribution is 8.00. The average molecular weight is 264 g/mol. The molecule has 1 aromatic carbocycles. The highest BCUT2D eigenvalue weighted by Gasteiger charge is 2.21. The minimum absolute atomic E-state index is 0.626. The van der Waals surface area contributed by atoms with Crippen LogP contribution in [0.5, 0.6) is 0 Å². The van der Waals surface area contributed by atoms with Gasteiger partial charge in [-0.15, -0.1) is 11.3 Å². The number of nitrogens with one attached hydrogen (secondary N) is 1. The first-order chi connectivity index (χ1) is 8.20. The molecule has 2 nitrogen and oxygen atoms in total. The number of rotatable bonds is 2. The number of thioether (sulfide) groups is 1. The Hall–Kier alpha value is -0.740. The summed E-state index contributed by atoms with van der Waals surface area (Å²) in [6.45, 7) is 4.37. The van der Waals surface area contributed by atoms with E-state index in [4.69, 9.17) is 0 Å². The van der Waals surface area contributed by atoms with Crippen LogP contribution in [0.4, 0.5) is 5.69 Å². The lowest BCUT2D eigenvalue weighted by atomic mass is 10.2. The predicted octanol–water partition coefficient (Wildman–Crippen LogP) is 3.91. The quantitative estimate of drug-likeness (QED) is 0.890. The summed E-state index contributed by atoms with van der Waals surface area (Å²) in [5.41, 5.74) is 2.35. The van der Waals surface area contributed by atoms with E-state index in [1.54, 1.807) is 11.3 Å². The van der Waals surface area contributed by atoms with E-state index in [2.05, 4.69) is 54.1 Å². The first-order valence-electron chi connectivity index (χ1n) is 5.96. The molecule has 3 rings (SSSR count). The molecule has 0 spiro atoms. The van der Waals surface area contributed by atoms with Crippen LogP contribution < -0.4 is 5.32 Å². The number of hydrogen-bond acceptors (Lipinski definition) is 4. The van der Waals surface area contributed by atoms with E-state index in [0.29, 0.717) is 6.04 Å². The SMILES string of the molecule is Cc1nc2ccc(NC3CSC(C)C3)cc2s1. The van der Waals surface area contributed by atoms with E-state index in [9.17, 15) is 0 Å². The Morgan fingerprint density at radius 2 is 2.29 bits per heavy atom. The normalized spacial score (nSPS) is 24.4. The van der Waals surface area contributed by atoms with Gasteiger partial charge in [0.2, 0.25) is 0 Å². The molecule has 1 N–H and O–H groups in total. The van der Waals surface area contributed by atoms with Crippen molar-refractivity contribution in [1.29, 1.82) is 0 Å². The molecule has 2 aromatic rings. The van der Waals surface area contributed by atoms with Crippen LogP contribution in [-0.4, -0.2) is 22.0 Å². The van der Waals surface area contributed by atoms with Crippen LogP contribution in [0.3, 0.4) is 0 Å². The standard InChI is InChI=1S/C13H16N2S2/c1-8-5-11(7-16-8)15-10-3-4-12-13(6-10)17-9(2)14-12/h3-4,6,8,11,15H,5,7H2,1-2H3. The Labute approximate surface area is 110 Å². The van der Waals surface area contributed by atoms with Crippen molar-refractivity contribution in [2.24, 2.45) is 0 Å². The Kier molecular flexibility index (Phi) is 3.01. The summed E-state index contributed by atoms with van der Waals surface area (Å²) in [7, 11) is 0. The predicted molar refractivity (Wildman–Crippen MR) is 78.3 cm³/mol. The minimum atomic E-state index is 0.626. The van der Waals surface area contributed by atoms with Crippen LogP contribution in [0.15, 0.2) is 18.2 Å². The smallest absolute Gasteiger partial charge is 0.0907 e. The molecule has 2 unspecified atom stereocenters. The first kappa shape index (κ1) is 11.4. The van der Waals surface area contributed by atoms with Gasteiger partial charge in [-0.2, -0.15) is 11.8 Å². The molecule has 17 heavy (non-hydrogen) atoms. The molecule has 90 valence electrons. The Morgan fingerprint density at radius 1 is 1.41 bits per heavy atom.